The van der Waals surface area contributed by atoms with Crippen molar-refractivity contribution in [3.8, 4) is 11.7 Å². The van der Waals surface area contributed by atoms with Crippen molar-refractivity contribution in [1.82, 2.24) is 20.2 Å². The first-order valence-corrected chi connectivity index (χ1v) is 4.60. The minimum atomic E-state index is -0.223. The molecule has 0 aliphatic carbocycles. The Kier molecular flexibility index (Phi) is 1.79. The first-order valence-electron chi connectivity index (χ1n) is 4.60. The van der Waals surface area contributed by atoms with Crippen molar-refractivity contribution < 1.29 is 4.42 Å². The summed E-state index contributed by atoms with van der Waals surface area (Å²) in [4.78, 5) is 18.5. The van der Waals surface area contributed by atoms with Gasteiger partial charge in [-0.1, -0.05) is 12.1 Å². The van der Waals surface area contributed by atoms with Crippen molar-refractivity contribution in [1.29, 1.82) is 0 Å². The van der Waals surface area contributed by atoms with Crippen LogP contribution in [-0.4, -0.2) is 20.2 Å². The van der Waals surface area contributed by atoms with E-state index in [0.29, 0.717) is 10.9 Å². The summed E-state index contributed by atoms with van der Waals surface area (Å²) < 4.78 is 4.97. The maximum Gasteiger partial charge on any atom is 0.283 e. The molecule has 3 aromatic rings. The fourth-order valence-electron chi connectivity index (χ4n) is 1.46. The van der Waals surface area contributed by atoms with E-state index in [-0.39, 0.29) is 17.3 Å². The molecule has 0 aliphatic rings. The SMILES string of the molecule is O=c1[nH]c(-c2nnco2)nc2ccccc12. The van der Waals surface area contributed by atoms with Gasteiger partial charge in [-0.25, -0.2) is 4.98 Å². The molecule has 78 valence electrons. The molecule has 0 radical (unpaired) electrons. The van der Waals surface area contributed by atoms with Crippen molar-refractivity contribution in [2.75, 3.05) is 0 Å². The quantitative estimate of drug-likeness (QED) is 0.652. The predicted molar refractivity (Wildman–Crippen MR) is 55.7 cm³/mol. The number of benzene rings is 1. The van der Waals surface area contributed by atoms with E-state index in [4.69, 9.17) is 4.42 Å². The fourth-order valence-corrected chi connectivity index (χ4v) is 1.46. The number of fused-ring (bicyclic) bond motifs is 1. The van der Waals surface area contributed by atoms with E-state index in [2.05, 4.69) is 20.2 Å². The van der Waals surface area contributed by atoms with Gasteiger partial charge in [0.2, 0.25) is 6.39 Å². The zero-order valence-electron chi connectivity index (χ0n) is 8.04. The molecule has 1 N–H and O–H groups in total. The highest BCUT2D eigenvalue weighted by molar-refractivity contribution is 5.78. The van der Waals surface area contributed by atoms with Gasteiger partial charge in [0.1, 0.15) is 0 Å². The van der Waals surface area contributed by atoms with E-state index in [9.17, 15) is 4.79 Å². The topological polar surface area (TPSA) is 84.7 Å². The normalized spacial score (nSPS) is 10.8. The van der Waals surface area contributed by atoms with Gasteiger partial charge in [0.15, 0.2) is 5.82 Å². The Morgan fingerprint density at radius 2 is 2.12 bits per heavy atom. The Balaban J connectivity index is 2.34. The number of nitrogens with one attached hydrogen (secondary N) is 1. The number of hydrogen-bond acceptors (Lipinski definition) is 5. The molecule has 0 amide bonds. The molecule has 0 saturated carbocycles. The average Bonchev–Trinajstić information content (AvgIpc) is 2.82. The molecule has 0 bridgehead atoms. The van der Waals surface area contributed by atoms with Crippen LogP contribution in [0.3, 0.4) is 0 Å². The molecule has 16 heavy (non-hydrogen) atoms. The van der Waals surface area contributed by atoms with Crippen molar-refractivity contribution >= 4 is 10.9 Å². The Labute approximate surface area is 89.0 Å². The zero-order valence-corrected chi connectivity index (χ0v) is 8.04. The molecule has 2 heterocycles. The number of aromatic nitrogens is 4. The van der Waals surface area contributed by atoms with E-state index in [1.807, 2.05) is 6.07 Å². The highest BCUT2D eigenvalue weighted by Crippen LogP contribution is 2.12. The standard InChI is InChI=1S/C10H6N4O2/c15-9-6-3-1-2-4-7(6)12-8(13-9)10-14-11-5-16-10/h1-5H,(H,12,13,15). The summed E-state index contributed by atoms with van der Waals surface area (Å²) in [6.07, 6.45) is 1.19. The highest BCUT2D eigenvalue weighted by atomic mass is 16.4. The summed E-state index contributed by atoms with van der Waals surface area (Å²) in [5.41, 5.74) is 0.373. The van der Waals surface area contributed by atoms with E-state index in [0.717, 1.165) is 0 Å². The van der Waals surface area contributed by atoms with Gasteiger partial charge in [0, 0.05) is 0 Å². The second-order valence-electron chi connectivity index (χ2n) is 3.18. The summed E-state index contributed by atoms with van der Waals surface area (Å²) in [6.45, 7) is 0. The van der Waals surface area contributed by atoms with E-state index < -0.39 is 0 Å². The van der Waals surface area contributed by atoms with Gasteiger partial charge in [-0.3, -0.25) is 4.79 Å². The van der Waals surface area contributed by atoms with Crippen LogP contribution in [0.4, 0.5) is 0 Å². The van der Waals surface area contributed by atoms with Crippen molar-refractivity contribution in [3.63, 3.8) is 0 Å². The van der Waals surface area contributed by atoms with Gasteiger partial charge in [0.25, 0.3) is 11.4 Å². The van der Waals surface area contributed by atoms with Gasteiger partial charge in [-0.15, -0.1) is 10.2 Å². The summed E-state index contributed by atoms with van der Waals surface area (Å²) in [7, 11) is 0. The van der Waals surface area contributed by atoms with Crippen LogP contribution in [-0.2, 0) is 0 Å². The number of para-hydroxylation sites is 1. The van der Waals surface area contributed by atoms with Crippen molar-refractivity contribution in [2.24, 2.45) is 0 Å². The van der Waals surface area contributed by atoms with Crippen LogP contribution >= 0.6 is 0 Å². The van der Waals surface area contributed by atoms with Crippen LogP contribution in [0.25, 0.3) is 22.6 Å². The van der Waals surface area contributed by atoms with Crippen LogP contribution in [0.15, 0.2) is 39.9 Å². The van der Waals surface area contributed by atoms with Crippen LogP contribution in [0.1, 0.15) is 0 Å². The molecular weight excluding hydrogens is 208 g/mol. The van der Waals surface area contributed by atoms with Gasteiger partial charge in [-0.2, -0.15) is 0 Å². The number of hydrogen-bond donors (Lipinski definition) is 1. The van der Waals surface area contributed by atoms with Gasteiger partial charge < -0.3 is 9.40 Å². The smallest absolute Gasteiger partial charge is 0.283 e. The summed E-state index contributed by atoms with van der Waals surface area (Å²) in [6, 6.07) is 7.06. The number of rotatable bonds is 1. The number of H-pyrrole nitrogens is 1. The van der Waals surface area contributed by atoms with E-state index in [1.54, 1.807) is 18.2 Å². The molecular formula is C10H6N4O2. The minimum absolute atomic E-state index is 0.197. The number of nitrogens with zero attached hydrogens (tertiary/aromatic N) is 3. The Hall–Kier alpha value is -2.50. The molecule has 0 atom stereocenters. The van der Waals surface area contributed by atoms with Crippen LogP contribution < -0.4 is 5.56 Å². The van der Waals surface area contributed by atoms with E-state index in [1.165, 1.54) is 6.39 Å². The van der Waals surface area contributed by atoms with Crippen molar-refractivity contribution in [2.45, 2.75) is 0 Å². The van der Waals surface area contributed by atoms with Crippen molar-refractivity contribution in [3.05, 3.63) is 41.0 Å². The molecule has 0 fully saturated rings. The van der Waals surface area contributed by atoms with Gasteiger partial charge in [-0.05, 0) is 12.1 Å². The third-order valence-corrected chi connectivity index (χ3v) is 2.18. The highest BCUT2D eigenvalue weighted by Gasteiger charge is 2.08. The van der Waals surface area contributed by atoms with Crippen LogP contribution in [0.5, 0.6) is 0 Å². The number of aromatic amines is 1. The first kappa shape index (κ1) is 8.78. The lowest BCUT2D eigenvalue weighted by atomic mass is 10.2. The molecule has 1 aromatic carbocycles. The lowest BCUT2D eigenvalue weighted by Gasteiger charge is -1.97. The molecule has 6 heteroatoms. The third-order valence-electron chi connectivity index (χ3n) is 2.18. The lowest BCUT2D eigenvalue weighted by Crippen LogP contribution is -2.09. The molecule has 0 spiro atoms. The second-order valence-corrected chi connectivity index (χ2v) is 3.18. The lowest BCUT2D eigenvalue weighted by molar-refractivity contribution is 0.563. The second kappa shape index (κ2) is 3.27. The fraction of sp³-hybridized carbons (Fsp3) is 0. The molecule has 0 saturated heterocycles. The predicted octanol–water partition coefficient (Wildman–Crippen LogP) is 0.973. The Morgan fingerprint density at radius 1 is 1.25 bits per heavy atom. The molecule has 3 rings (SSSR count). The summed E-state index contributed by atoms with van der Waals surface area (Å²) in [5, 5.41) is 7.75. The average molecular weight is 214 g/mol. The Morgan fingerprint density at radius 3 is 2.94 bits per heavy atom. The third kappa shape index (κ3) is 1.28. The molecule has 0 aliphatic heterocycles. The Bertz CT molecular complexity index is 687. The summed E-state index contributed by atoms with van der Waals surface area (Å²) in [5.74, 6) is 0.476. The maximum absolute atomic E-state index is 11.7. The maximum atomic E-state index is 11.7. The largest absolute Gasteiger partial charge is 0.421 e. The molecule has 0 unspecified atom stereocenters. The van der Waals surface area contributed by atoms with Gasteiger partial charge >= 0.3 is 0 Å². The van der Waals surface area contributed by atoms with Crippen LogP contribution in [0, 0.1) is 0 Å². The zero-order chi connectivity index (χ0) is 11.0. The monoisotopic (exact) mass is 214 g/mol. The molecule has 2 aromatic heterocycles. The first-order chi connectivity index (χ1) is 7.84. The summed E-state index contributed by atoms with van der Waals surface area (Å²) >= 11 is 0. The van der Waals surface area contributed by atoms with Crippen LogP contribution in [0.2, 0.25) is 0 Å². The molecule has 6 nitrogen and oxygen atoms in total. The van der Waals surface area contributed by atoms with Gasteiger partial charge in [0.05, 0.1) is 10.9 Å². The van der Waals surface area contributed by atoms with E-state index >= 15 is 0 Å². The minimum Gasteiger partial charge on any atom is -0.421 e.